The summed E-state index contributed by atoms with van der Waals surface area (Å²) < 4.78 is 0. The molecule has 24 heavy (non-hydrogen) atoms. The molecule has 0 aliphatic rings. The molecule has 0 bridgehead atoms. The molecule has 0 spiro atoms. The topological polar surface area (TPSA) is 78.0 Å². The van der Waals surface area contributed by atoms with Crippen molar-refractivity contribution >= 4 is 22.7 Å². The minimum atomic E-state index is -1.02. The third-order valence-electron chi connectivity index (χ3n) is 4.57. The Hall–Kier alpha value is -2.82. The van der Waals surface area contributed by atoms with Gasteiger partial charge in [-0.3, -0.25) is 0 Å². The van der Waals surface area contributed by atoms with Crippen LogP contribution < -0.4 is 5.32 Å². The third-order valence-corrected chi connectivity index (χ3v) is 4.57. The van der Waals surface area contributed by atoms with Gasteiger partial charge in [0.2, 0.25) is 0 Å². The molecular formula is C19H21N3O2. The number of nitrogens with zero attached hydrogens (tertiary/aromatic N) is 1. The summed E-state index contributed by atoms with van der Waals surface area (Å²) in [5, 5.41) is 12.7. The summed E-state index contributed by atoms with van der Waals surface area (Å²) in [5.74, 6) is -1.02. The van der Waals surface area contributed by atoms with Gasteiger partial charge in [0.25, 0.3) is 0 Å². The highest BCUT2D eigenvalue weighted by atomic mass is 16.4. The van der Waals surface area contributed by atoms with Gasteiger partial charge in [-0.2, -0.15) is 0 Å². The van der Waals surface area contributed by atoms with Crippen LogP contribution in [-0.4, -0.2) is 21.0 Å². The summed E-state index contributed by atoms with van der Waals surface area (Å²) >= 11 is 0. The molecule has 0 saturated heterocycles. The van der Waals surface area contributed by atoms with Gasteiger partial charge in [-0.1, -0.05) is 18.2 Å². The van der Waals surface area contributed by atoms with E-state index in [1.165, 1.54) is 16.7 Å². The highest BCUT2D eigenvalue weighted by molar-refractivity contribution is 5.97. The fourth-order valence-electron chi connectivity index (χ4n) is 2.96. The summed E-state index contributed by atoms with van der Waals surface area (Å²) in [5.41, 5.74) is 7.98. The molecule has 124 valence electrons. The summed E-state index contributed by atoms with van der Waals surface area (Å²) in [6.45, 7) is 8.71. The van der Waals surface area contributed by atoms with Crippen LogP contribution >= 0.6 is 0 Å². The Labute approximate surface area is 140 Å². The molecule has 3 N–H and O–H groups in total. The van der Waals surface area contributed by atoms with E-state index in [0.717, 1.165) is 22.5 Å². The monoisotopic (exact) mass is 323 g/mol. The smallest absolute Gasteiger partial charge is 0.354 e. The van der Waals surface area contributed by atoms with E-state index in [4.69, 9.17) is 0 Å². The van der Waals surface area contributed by atoms with Crippen LogP contribution in [0.4, 0.5) is 5.69 Å². The molecule has 5 nitrogen and oxygen atoms in total. The maximum atomic E-state index is 11.4. The minimum absolute atomic E-state index is 0.0496. The number of carboxylic acid groups (broad SMARTS) is 1. The van der Waals surface area contributed by atoms with Crippen molar-refractivity contribution in [3.05, 3.63) is 57.9 Å². The van der Waals surface area contributed by atoms with Crippen molar-refractivity contribution in [3.8, 4) is 0 Å². The lowest BCUT2D eigenvalue weighted by atomic mass is 10.0. The van der Waals surface area contributed by atoms with Gasteiger partial charge in [0.05, 0.1) is 16.7 Å². The van der Waals surface area contributed by atoms with E-state index >= 15 is 0 Å². The molecular weight excluding hydrogens is 302 g/mol. The van der Waals surface area contributed by atoms with Crippen molar-refractivity contribution in [3.63, 3.8) is 0 Å². The normalized spacial score (nSPS) is 11.0. The molecule has 3 aromatic rings. The lowest BCUT2D eigenvalue weighted by molar-refractivity contribution is 0.0691. The summed E-state index contributed by atoms with van der Waals surface area (Å²) in [6.07, 6.45) is 0. The van der Waals surface area contributed by atoms with Crippen molar-refractivity contribution in [1.82, 2.24) is 9.97 Å². The van der Waals surface area contributed by atoms with Crippen LogP contribution in [0.5, 0.6) is 0 Å². The number of rotatable bonds is 4. The van der Waals surface area contributed by atoms with Gasteiger partial charge in [0.1, 0.15) is 0 Å². The molecule has 1 aromatic carbocycles. The molecule has 0 aliphatic heterocycles. The van der Waals surface area contributed by atoms with E-state index in [1.807, 2.05) is 19.9 Å². The maximum Gasteiger partial charge on any atom is 0.354 e. The van der Waals surface area contributed by atoms with E-state index in [9.17, 15) is 9.90 Å². The highest BCUT2D eigenvalue weighted by Crippen LogP contribution is 2.28. The third kappa shape index (κ3) is 2.73. The fourth-order valence-corrected chi connectivity index (χ4v) is 2.96. The van der Waals surface area contributed by atoms with Crippen molar-refractivity contribution in [1.29, 1.82) is 0 Å². The number of fused-ring (bicyclic) bond motifs is 1. The number of anilines is 1. The number of nitrogens with one attached hydrogen (secondary N) is 2. The summed E-state index contributed by atoms with van der Waals surface area (Å²) in [7, 11) is 0. The van der Waals surface area contributed by atoms with Crippen molar-refractivity contribution in [2.75, 3.05) is 5.32 Å². The van der Waals surface area contributed by atoms with Gasteiger partial charge in [-0.25, -0.2) is 9.78 Å². The van der Waals surface area contributed by atoms with E-state index in [0.29, 0.717) is 12.1 Å². The first kappa shape index (κ1) is 16.1. The van der Waals surface area contributed by atoms with Gasteiger partial charge in [-0.05, 0) is 56.0 Å². The van der Waals surface area contributed by atoms with Crippen LogP contribution in [0.1, 0.15) is 38.4 Å². The molecule has 0 saturated carbocycles. The second-order valence-electron chi connectivity index (χ2n) is 6.18. The molecule has 0 radical (unpaired) electrons. The summed E-state index contributed by atoms with van der Waals surface area (Å²) in [4.78, 5) is 19.0. The Morgan fingerprint density at radius 1 is 1.21 bits per heavy atom. The Bertz CT molecular complexity index is 921. The minimum Gasteiger partial charge on any atom is -0.477 e. The molecule has 0 amide bonds. The average molecular weight is 323 g/mol. The predicted octanol–water partition coefficient (Wildman–Crippen LogP) is 4.11. The second-order valence-corrected chi connectivity index (χ2v) is 6.18. The number of aryl methyl sites for hydroxylation is 4. The van der Waals surface area contributed by atoms with Gasteiger partial charge >= 0.3 is 5.97 Å². The molecule has 0 atom stereocenters. The van der Waals surface area contributed by atoms with Crippen LogP contribution in [0, 0.1) is 27.7 Å². The lowest BCUT2D eigenvalue weighted by Gasteiger charge is -2.13. The van der Waals surface area contributed by atoms with Gasteiger partial charge in [0, 0.05) is 12.2 Å². The highest BCUT2D eigenvalue weighted by Gasteiger charge is 2.15. The number of pyridine rings is 1. The quantitative estimate of drug-likeness (QED) is 0.675. The maximum absolute atomic E-state index is 11.4. The van der Waals surface area contributed by atoms with Gasteiger partial charge in [0.15, 0.2) is 5.69 Å². The van der Waals surface area contributed by atoms with Crippen LogP contribution in [0.15, 0.2) is 24.3 Å². The van der Waals surface area contributed by atoms with Crippen LogP contribution in [0.3, 0.4) is 0 Å². The van der Waals surface area contributed by atoms with E-state index in [2.05, 4.69) is 41.3 Å². The number of aromatic amines is 1. The first-order valence-corrected chi connectivity index (χ1v) is 7.90. The van der Waals surface area contributed by atoms with Crippen molar-refractivity contribution < 1.29 is 9.90 Å². The van der Waals surface area contributed by atoms with Crippen molar-refractivity contribution in [2.24, 2.45) is 0 Å². The zero-order valence-electron chi connectivity index (χ0n) is 14.3. The number of H-pyrrole nitrogens is 1. The van der Waals surface area contributed by atoms with Crippen LogP contribution in [0.25, 0.3) is 11.0 Å². The SMILES string of the molecule is Cc1cccc(C)c1CNc1cc(C(=O)O)nc2c(C)c(C)[nH]c12. The Morgan fingerprint density at radius 2 is 1.88 bits per heavy atom. The number of aromatic nitrogens is 2. The summed E-state index contributed by atoms with van der Waals surface area (Å²) in [6, 6.07) is 7.79. The lowest BCUT2D eigenvalue weighted by Crippen LogP contribution is -2.07. The number of aromatic carboxylic acids is 1. The Morgan fingerprint density at radius 3 is 2.50 bits per heavy atom. The van der Waals surface area contributed by atoms with Gasteiger partial charge in [-0.15, -0.1) is 0 Å². The standard InChI is InChI=1S/C19H21N3O2/c1-10-6-5-7-11(2)14(10)9-20-15-8-16(19(23)24)22-17-12(3)13(4)21-18(15)17/h5-8,21H,9H2,1-4H3,(H,20,22)(H,23,24). The van der Waals surface area contributed by atoms with Gasteiger partial charge < -0.3 is 15.4 Å². The van der Waals surface area contributed by atoms with Crippen LogP contribution in [0.2, 0.25) is 0 Å². The van der Waals surface area contributed by atoms with E-state index < -0.39 is 5.97 Å². The van der Waals surface area contributed by atoms with E-state index in [-0.39, 0.29) is 5.69 Å². The Kier molecular flexibility index (Phi) is 4.01. The molecule has 3 rings (SSSR count). The zero-order chi connectivity index (χ0) is 17.4. The molecule has 2 heterocycles. The number of hydrogen-bond donors (Lipinski definition) is 3. The molecule has 0 unspecified atom stereocenters. The molecule has 2 aromatic heterocycles. The van der Waals surface area contributed by atoms with Crippen LogP contribution in [-0.2, 0) is 6.54 Å². The number of benzene rings is 1. The number of carbonyl (C=O) groups is 1. The number of carboxylic acids is 1. The Balaban J connectivity index is 2.05. The second kappa shape index (κ2) is 6.00. The molecule has 0 fully saturated rings. The first-order chi connectivity index (χ1) is 11.4. The van der Waals surface area contributed by atoms with Crippen molar-refractivity contribution in [2.45, 2.75) is 34.2 Å². The first-order valence-electron chi connectivity index (χ1n) is 7.90. The zero-order valence-corrected chi connectivity index (χ0v) is 14.3. The fraction of sp³-hybridized carbons (Fsp3) is 0.263. The molecule has 0 aliphatic carbocycles. The predicted molar refractivity (Wildman–Crippen MR) is 95.8 cm³/mol. The largest absolute Gasteiger partial charge is 0.477 e. The molecule has 5 heteroatoms. The number of hydrogen-bond acceptors (Lipinski definition) is 3. The van der Waals surface area contributed by atoms with E-state index in [1.54, 1.807) is 6.07 Å². The average Bonchev–Trinajstić information content (AvgIpc) is 2.82.